The summed E-state index contributed by atoms with van der Waals surface area (Å²) in [6, 6.07) is 0. The van der Waals surface area contributed by atoms with Crippen molar-refractivity contribution in [1.29, 1.82) is 0 Å². The summed E-state index contributed by atoms with van der Waals surface area (Å²) in [4.78, 5) is 15.3. The first-order valence-electron chi connectivity index (χ1n) is 5.98. The average molecular weight is 304 g/mol. The molecule has 1 atom stereocenters. The van der Waals surface area contributed by atoms with Gasteiger partial charge in [-0.2, -0.15) is 4.31 Å². The van der Waals surface area contributed by atoms with E-state index in [1.165, 1.54) is 10.5 Å². The number of aryl methyl sites for hydroxylation is 1. The van der Waals surface area contributed by atoms with Crippen molar-refractivity contribution in [3.8, 4) is 0 Å². The molecule has 6 nitrogen and oxygen atoms in total. The number of carboxylic acid groups (broad SMARTS) is 1. The number of hydrogen-bond acceptors (Lipinski definition) is 5. The second-order valence-corrected chi connectivity index (χ2v) is 8.13. The minimum Gasteiger partial charge on any atom is -0.481 e. The predicted molar refractivity (Wildman–Crippen MR) is 70.6 cm³/mol. The summed E-state index contributed by atoms with van der Waals surface area (Å²) >= 11 is 1.11. The molecule has 1 fully saturated rings. The van der Waals surface area contributed by atoms with Gasteiger partial charge in [0.15, 0.2) is 4.21 Å². The first-order chi connectivity index (χ1) is 8.82. The summed E-state index contributed by atoms with van der Waals surface area (Å²) in [7, 11) is -3.61. The van der Waals surface area contributed by atoms with E-state index < -0.39 is 21.4 Å². The van der Waals surface area contributed by atoms with E-state index in [1.807, 2.05) is 0 Å². The Hall–Kier alpha value is -0.990. The molecule has 0 bridgehead atoms. The molecule has 1 aromatic rings. The number of rotatable bonds is 4. The summed E-state index contributed by atoms with van der Waals surface area (Å²) < 4.78 is 26.2. The standard InChI is InChI=1S/C11H16N2O4S2/c1-3-11(10(14)15)4-5-13(7-11)19(16,17)9-6-12-8(2)18-9/h6H,3-5,7H2,1-2H3,(H,14,15). The highest BCUT2D eigenvalue weighted by Gasteiger charge is 2.47. The van der Waals surface area contributed by atoms with Crippen molar-refractivity contribution in [2.24, 2.45) is 5.41 Å². The van der Waals surface area contributed by atoms with Crippen LogP contribution in [0.5, 0.6) is 0 Å². The summed E-state index contributed by atoms with van der Waals surface area (Å²) in [6.07, 6.45) is 2.12. The highest BCUT2D eigenvalue weighted by Crippen LogP contribution is 2.37. The molecule has 0 amide bonds. The lowest BCUT2D eigenvalue weighted by atomic mass is 9.85. The van der Waals surface area contributed by atoms with Gasteiger partial charge in [0, 0.05) is 13.1 Å². The molecule has 0 radical (unpaired) electrons. The monoisotopic (exact) mass is 304 g/mol. The second-order valence-electron chi connectivity index (χ2n) is 4.73. The third kappa shape index (κ3) is 2.39. The Morgan fingerprint density at radius 2 is 2.32 bits per heavy atom. The van der Waals surface area contributed by atoms with Gasteiger partial charge in [-0.25, -0.2) is 13.4 Å². The zero-order valence-corrected chi connectivity index (χ0v) is 12.4. The maximum absolute atomic E-state index is 12.4. The SMILES string of the molecule is CCC1(C(=O)O)CCN(S(=O)(=O)c2cnc(C)s2)C1. The molecule has 1 unspecified atom stereocenters. The number of nitrogens with zero attached hydrogens (tertiary/aromatic N) is 2. The van der Waals surface area contributed by atoms with Crippen molar-refractivity contribution in [2.45, 2.75) is 30.9 Å². The third-order valence-corrected chi connectivity index (χ3v) is 6.84. The lowest BCUT2D eigenvalue weighted by molar-refractivity contribution is -0.148. The molecular weight excluding hydrogens is 288 g/mol. The quantitative estimate of drug-likeness (QED) is 0.906. The molecule has 1 aromatic heterocycles. The van der Waals surface area contributed by atoms with E-state index in [4.69, 9.17) is 0 Å². The smallest absolute Gasteiger partial charge is 0.311 e. The largest absolute Gasteiger partial charge is 0.481 e. The first-order valence-corrected chi connectivity index (χ1v) is 8.23. The Balaban J connectivity index is 2.28. The molecule has 8 heteroatoms. The summed E-state index contributed by atoms with van der Waals surface area (Å²) in [5.74, 6) is -0.923. The van der Waals surface area contributed by atoms with Gasteiger partial charge in [-0.15, -0.1) is 11.3 Å². The number of aromatic nitrogens is 1. The zero-order chi connectivity index (χ0) is 14.3. The Morgan fingerprint density at radius 1 is 1.63 bits per heavy atom. The van der Waals surface area contributed by atoms with E-state index in [9.17, 15) is 18.3 Å². The van der Waals surface area contributed by atoms with E-state index in [1.54, 1.807) is 13.8 Å². The molecule has 1 N–H and O–H groups in total. The van der Waals surface area contributed by atoms with Crippen LogP contribution < -0.4 is 0 Å². The van der Waals surface area contributed by atoms with Crippen molar-refractivity contribution >= 4 is 27.3 Å². The molecule has 106 valence electrons. The molecule has 1 aliphatic heterocycles. The van der Waals surface area contributed by atoms with Gasteiger partial charge < -0.3 is 5.11 Å². The van der Waals surface area contributed by atoms with Gasteiger partial charge in [0.25, 0.3) is 10.0 Å². The number of thiazole rings is 1. The Morgan fingerprint density at radius 3 is 2.74 bits per heavy atom. The minimum absolute atomic E-state index is 0.0398. The van der Waals surface area contributed by atoms with Crippen LogP contribution in [0.25, 0.3) is 0 Å². The maximum atomic E-state index is 12.4. The zero-order valence-electron chi connectivity index (χ0n) is 10.8. The number of carboxylic acids is 1. The number of aliphatic carboxylic acids is 1. The molecular formula is C11H16N2O4S2. The fourth-order valence-corrected chi connectivity index (χ4v) is 5.03. The fourth-order valence-electron chi connectivity index (χ4n) is 2.24. The van der Waals surface area contributed by atoms with Gasteiger partial charge in [-0.3, -0.25) is 4.79 Å². The van der Waals surface area contributed by atoms with Gasteiger partial charge in [0.05, 0.1) is 16.6 Å². The lowest BCUT2D eigenvalue weighted by Gasteiger charge is -2.22. The second kappa shape index (κ2) is 4.84. The molecule has 2 heterocycles. The van der Waals surface area contributed by atoms with Crippen molar-refractivity contribution in [2.75, 3.05) is 13.1 Å². The maximum Gasteiger partial charge on any atom is 0.311 e. The van der Waals surface area contributed by atoms with Crippen molar-refractivity contribution in [3.05, 3.63) is 11.2 Å². The third-order valence-electron chi connectivity index (χ3n) is 3.64. The van der Waals surface area contributed by atoms with Crippen molar-refractivity contribution in [3.63, 3.8) is 0 Å². The topological polar surface area (TPSA) is 87.6 Å². The molecule has 0 spiro atoms. The van der Waals surface area contributed by atoms with Crippen LogP contribution in [0.1, 0.15) is 24.8 Å². The molecule has 2 rings (SSSR count). The van der Waals surface area contributed by atoms with Gasteiger partial charge in [-0.1, -0.05) is 6.92 Å². The normalized spacial score (nSPS) is 24.7. The molecule has 0 aromatic carbocycles. The molecule has 0 aliphatic carbocycles. The predicted octanol–water partition coefficient (Wildman–Crippen LogP) is 1.33. The van der Waals surface area contributed by atoms with Crippen LogP contribution in [-0.4, -0.2) is 41.9 Å². The first kappa shape index (κ1) is 14.4. The van der Waals surface area contributed by atoms with Gasteiger partial charge in [0.1, 0.15) is 0 Å². The van der Waals surface area contributed by atoms with E-state index in [-0.39, 0.29) is 17.3 Å². The molecule has 0 saturated carbocycles. The van der Waals surface area contributed by atoms with Gasteiger partial charge in [-0.05, 0) is 19.8 Å². The van der Waals surface area contributed by atoms with Crippen molar-refractivity contribution < 1.29 is 18.3 Å². The average Bonchev–Trinajstić information content (AvgIpc) is 2.96. The Kier molecular flexibility index (Phi) is 3.67. The van der Waals surface area contributed by atoms with E-state index in [0.29, 0.717) is 17.8 Å². The highest BCUT2D eigenvalue weighted by atomic mass is 32.2. The van der Waals surface area contributed by atoms with E-state index in [0.717, 1.165) is 11.3 Å². The highest BCUT2D eigenvalue weighted by molar-refractivity contribution is 7.91. The van der Waals surface area contributed by atoms with Gasteiger partial charge in [0.2, 0.25) is 0 Å². The Labute approximate surface area is 116 Å². The van der Waals surface area contributed by atoms with Crippen LogP contribution >= 0.6 is 11.3 Å². The summed E-state index contributed by atoms with van der Waals surface area (Å²) in [5, 5.41) is 9.97. The van der Waals surface area contributed by atoms with Crippen LogP contribution in [-0.2, 0) is 14.8 Å². The summed E-state index contributed by atoms with van der Waals surface area (Å²) in [6.45, 7) is 3.81. The van der Waals surface area contributed by atoms with Crippen LogP contribution in [0.15, 0.2) is 10.4 Å². The van der Waals surface area contributed by atoms with Crippen LogP contribution in [0, 0.1) is 12.3 Å². The molecule has 1 aliphatic rings. The number of carbonyl (C=O) groups is 1. The number of hydrogen-bond donors (Lipinski definition) is 1. The Bertz CT molecular complexity index is 596. The van der Waals surface area contributed by atoms with Crippen LogP contribution in [0.3, 0.4) is 0 Å². The van der Waals surface area contributed by atoms with E-state index >= 15 is 0 Å². The molecule has 19 heavy (non-hydrogen) atoms. The molecule has 1 saturated heterocycles. The van der Waals surface area contributed by atoms with Crippen molar-refractivity contribution in [1.82, 2.24) is 9.29 Å². The minimum atomic E-state index is -3.61. The van der Waals surface area contributed by atoms with E-state index in [2.05, 4.69) is 4.98 Å². The van der Waals surface area contributed by atoms with Crippen LogP contribution in [0.2, 0.25) is 0 Å². The summed E-state index contributed by atoms with van der Waals surface area (Å²) in [5.41, 5.74) is -0.952. The lowest BCUT2D eigenvalue weighted by Crippen LogP contribution is -2.36. The fraction of sp³-hybridized carbons (Fsp3) is 0.636. The number of sulfonamides is 1. The van der Waals surface area contributed by atoms with Gasteiger partial charge >= 0.3 is 5.97 Å². The van der Waals surface area contributed by atoms with Crippen LogP contribution in [0.4, 0.5) is 0 Å².